The first kappa shape index (κ1) is 17.8. The van der Waals surface area contributed by atoms with Crippen LogP contribution in [0.5, 0.6) is 5.75 Å². The van der Waals surface area contributed by atoms with E-state index in [0.29, 0.717) is 21.7 Å². The van der Waals surface area contributed by atoms with Crippen molar-refractivity contribution in [3.63, 3.8) is 0 Å². The molecule has 0 aliphatic carbocycles. The van der Waals surface area contributed by atoms with E-state index in [2.05, 4.69) is 26.0 Å². The molecule has 1 aromatic carbocycles. The number of hydrogen-bond donors (Lipinski definition) is 0. The Morgan fingerprint density at radius 2 is 1.92 bits per heavy atom. The van der Waals surface area contributed by atoms with Crippen LogP contribution in [-0.2, 0) is 0 Å². The molecule has 0 radical (unpaired) electrons. The third-order valence-electron chi connectivity index (χ3n) is 3.33. The van der Waals surface area contributed by atoms with E-state index in [1.165, 1.54) is 23.9 Å². The van der Waals surface area contributed by atoms with Crippen molar-refractivity contribution >= 4 is 11.8 Å². The standard InChI is InChI=1S/C17H12F2N4O2S/c1-9-7-14(13(8-20)10(2)21-9)26-17-23-22-15(25-17)11-3-5-12(6-4-11)24-16(18)19/h3-7,16H,1-2H3. The zero-order chi connectivity index (χ0) is 18.7. The van der Waals surface area contributed by atoms with Gasteiger partial charge >= 0.3 is 6.61 Å². The van der Waals surface area contributed by atoms with Crippen LogP contribution in [0.2, 0.25) is 0 Å². The normalized spacial score (nSPS) is 10.8. The van der Waals surface area contributed by atoms with Gasteiger partial charge in [-0.25, -0.2) is 0 Å². The number of aromatic nitrogens is 3. The fourth-order valence-corrected chi connectivity index (χ4v) is 3.17. The molecule has 0 aliphatic heterocycles. The number of nitrogens with zero attached hydrogens (tertiary/aromatic N) is 4. The number of benzene rings is 1. The monoisotopic (exact) mass is 374 g/mol. The Kier molecular flexibility index (Phi) is 5.14. The van der Waals surface area contributed by atoms with Crippen LogP contribution < -0.4 is 4.74 Å². The van der Waals surface area contributed by atoms with Gasteiger partial charge in [-0.3, -0.25) is 4.98 Å². The van der Waals surface area contributed by atoms with E-state index in [1.807, 2.05) is 6.92 Å². The van der Waals surface area contributed by atoms with E-state index >= 15 is 0 Å². The van der Waals surface area contributed by atoms with Gasteiger partial charge in [0.15, 0.2) is 0 Å². The van der Waals surface area contributed by atoms with Crippen LogP contribution in [0.15, 0.2) is 44.9 Å². The van der Waals surface area contributed by atoms with E-state index in [9.17, 15) is 14.0 Å². The number of aryl methyl sites for hydroxylation is 2. The molecule has 3 rings (SSSR count). The van der Waals surface area contributed by atoms with Crippen LogP contribution in [0.25, 0.3) is 11.5 Å². The van der Waals surface area contributed by atoms with Gasteiger partial charge in [-0.05, 0) is 55.9 Å². The molecule has 0 spiro atoms. The summed E-state index contributed by atoms with van der Waals surface area (Å²) in [7, 11) is 0. The lowest BCUT2D eigenvalue weighted by Gasteiger charge is -2.05. The highest BCUT2D eigenvalue weighted by Gasteiger charge is 2.15. The Bertz CT molecular complexity index is 968. The van der Waals surface area contributed by atoms with Gasteiger partial charge in [-0.2, -0.15) is 14.0 Å². The van der Waals surface area contributed by atoms with Crippen molar-refractivity contribution in [2.24, 2.45) is 0 Å². The first-order chi connectivity index (χ1) is 12.5. The minimum Gasteiger partial charge on any atom is -0.435 e. The van der Waals surface area contributed by atoms with Gasteiger partial charge < -0.3 is 9.15 Å². The van der Waals surface area contributed by atoms with E-state index in [4.69, 9.17) is 4.42 Å². The van der Waals surface area contributed by atoms with Crippen molar-refractivity contribution in [3.05, 3.63) is 47.3 Å². The second-order valence-corrected chi connectivity index (χ2v) is 6.21. The molecule has 0 aliphatic rings. The minimum atomic E-state index is -2.88. The van der Waals surface area contributed by atoms with Gasteiger partial charge in [0.1, 0.15) is 11.8 Å². The summed E-state index contributed by atoms with van der Waals surface area (Å²) in [5.74, 6) is 0.274. The predicted molar refractivity (Wildman–Crippen MR) is 88.9 cm³/mol. The fourth-order valence-electron chi connectivity index (χ4n) is 2.25. The molecule has 0 N–H and O–H groups in total. The van der Waals surface area contributed by atoms with Crippen LogP contribution in [0.1, 0.15) is 17.0 Å². The number of pyridine rings is 1. The Morgan fingerprint density at radius 3 is 2.58 bits per heavy atom. The Hall–Kier alpha value is -2.99. The van der Waals surface area contributed by atoms with E-state index in [1.54, 1.807) is 25.1 Å². The molecule has 0 bridgehead atoms. The van der Waals surface area contributed by atoms with Gasteiger partial charge in [0.05, 0.1) is 11.3 Å². The molecule has 0 saturated heterocycles. The topological polar surface area (TPSA) is 84.8 Å². The van der Waals surface area contributed by atoms with Gasteiger partial charge in [-0.15, -0.1) is 10.2 Å². The maximum Gasteiger partial charge on any atom is 0.387 e. The van der Waals surface area contributed by atoms with Gasteiger partial charge in [0.25, 0.3) is 5.22 Å². The molecule has 9 heteroatoms. The Labute approximate surface area is 151 Å². The summed E-state index contributed by atoms with van der Waals surface area (Å²) in [4.78, 5) is 4.93. The minimum absolute atomic E-state index is 0.0410. The number of hydrogen-bond acceptors (Lipinski definition) is 7. The molecular weight excluding hydrogens is 362 g/mol. The van der Waals surface area contributed by atoms with Gasteiger partial charge in [-0.1, -0.05) is 0 Å². The molecular formula is C17H12F2N4O2S. The zero-order valence-electron chi connectivity index (χ0n) is 13.7. The van der Waals surface area contributed by atoms with Crippen molar-refractivity contribution in [1.82, 2.24) is 15.2 Å². The van der Waals surface area contributed by atoms with Crippen molar-refractivity contribution in [2.45, 2.75) is 30.6 Å². The van der Waals surface area contributed by atoms with Crippen LogP contribution in [0, 0.1) is 25.2 Å². The molecule has 2 aromatic heterocycles. The summed E-state index contributed by atoms with van der Waals surface area (Å²) in [6.45, 7) is 0.715. The van der Waals surface area contributed by atoms with Gasteiger partial charge in [0.2, 0.25) is 5.89 Å². The fraction of sp³-hybridized carbons (Fsp3) is 0.176. The summed E-state index contributed by atoms with van der Waals surface area (Å²) in [5.41, 5.74) is 2.42. The third-order valence-corrected chi connectivity index (χ3v) is 4.22. The largest absolute Gasteiger partial charge is 0.435 e. The lowest BCUT2D eigenvalue weighted by Crippen LogP contribution is -2.01. The number of ether oxygens (including phenoxy) is 1. The summed E-state index contributed by atoms with van der Waals surface area (Å²) >= 11 is 1.17. The van der Waals surface area contributed by atoms with Crippen LogP contribution in [0.4, 0.5) is 8.78 Å². The third kappa shape index (κ3) is 3.97. The maximum absolute atomic E-state index is 12.2. The summed E-state index contributed by atoms with van der Waals surface area (Å²) < 4.78 is 34.3. The first-order valence-corrected chi connectivity index (χ1v) is 8.23. The highest BCUT2D eigenvalue weighted by Crippen LogP contribution is 2.33. The second kappa shape index (κ2) is 7.49. The highest BCUT2D eigenvalue weighted by atomic mass is 32.2. The van der Waals surface area contributed by atoms with Crippen molar-refractivity contribution in [3.8, 4) is 23.3 Å². The van der Waals surface area contributed by atoms with Gasteiger partial charge in [0, 0.05) is 16.2 Å². The average molecular weight is 374 g/mol. The van der Waals surface area contributed by atoms with Crippen molar-refractivity contribution in [2.75, 3.05) is 0 Å². The summed E-state index contributed by atoms with van der Waals surface area (Å²) in [6.07, 6.45) is 0. The predicted octanol–water partition coefficient (Wildman–Crippen LogP) is 4.37. The average Bonchev–Trinajstić information content (AvgIpc) is 3.03. The first-order valence-electron chi connectivity index (χ1n) is 7.41. The molecule has 3 aromatic rings. The second-order valence-electron chi connectivity index (χ2n) is 5.21. The zero-order valence-corrected chi connectivity index (χ0v) is 14.6. The molecule has 2 heterocycles. The quantitative estimate of drug-likeness (QED) is 0.655. The highest BCUT2D eigenvalue weighted by molar-refractivity contribution is 7.99. The van der Waals surface area contributed by atoms with Crippen LogP contribution in [0.3, 0.4) is 0 Å². The van der Waals surface area contributed by atoms with E-state index < -0.39 is 6.61 Å². The van der Waals surface area contributed by atoms with E-state index in [0.717, 1.165) is 5.69 Å². The van der Waals surface area contributed by atoms with Crippen LogP contribution in [-0.4, -0.2) is 21.8 Å². The molecule has 26 heavy (non-hydrogen) atoms. The Balaban J connectivity index is 1.82. The number of halogens is 2. The molecule has 0 unspecified atom stereocenters. The maximum atomic E-state index is 12.2. The molecule has 0 amide bonds. The van der Waals surface area contributed by atoms with E-state index in [-0.39, 0.29) is 16.9 Å². The van der Waals surface area contributed by atoms with Crippen LogP contribution >= 0.6 is 11.8 Å². The number of rotatable bonds is 5. The molecule has 0 atom stereocenters. The summed E-state index contributed by atoms with van der Waals surface area (Å²) in [6, 6.07) is 9.76. The SMILES string of the molecule is Cc1cc(Sc2nnc(-c3ccc(OC(F)F)cc3)o2)c(C#N)c(C)n1. The Morgan fingerprint density at radius 1 is 1.19 bits per heavy atom. The lowest BCUT2D eigenvalue weighted by molar-refractivity contribution is -0.0498. The number of nitriles is 1. The molecule has 132 valence electrons. The lowest BCUT2D eigenvalue weighted by atomic mass is 10.2. The molecule has 0 fully saturated rings. The molecule has 0 saturated carbocycles. The smallest absolute Gasteiger partial charge is 0.387 e. The van der Waals surface area contributed by atoms with Crippen molar-refractivity contribution in [1.29, 1.82) is 5.26 Å². The summed E-state index contributed by atoms with van der Waals surface area (Å²) in [5, 5.41) is 17.5. The molecule has 6 nitrogen and oxygen atoms in total. The number of alkyl halides is 2. The van der Waals surface area contributed by atoms with Crippen molar-refractivity contribution < 1.29 is 17.9 Å².